The molecule has 0 atom stereocenters. The quantitative estimate of drug-likeness (QED) is 0.748. The number of carbonyl (C=O) groups is 1. The van der Waals surface area contributed by atoms with Crippen molar-refractivity contribution >= 4 is 11.6 Å². The monoisotopic (exact) mass is 204 g/mol. The fourth-order valence-corrected chi connectivity index (χ4v) is 1.40. The van der Waals surface area contributed by atoms with E-state index in [1.165, 1.54) is 0 Å². The molecule has 0 saturated heterocycles. The lowest BCUT2D eigenvalue weighted by Crippen LogP contribution is -2.36. The third kappa shape index (κ3) is 2.65. The maximum absolute atomic E-state index is 11.8. The number of amides is 1. The zero-order chi connectivity index (χ0) is 11.3. The largest absolute Gasteiger partial charge is 0.338 e. The first-order valence-corrected chi connectivity index (χ1v) is 5.14. The van der Waals surface area contributed by atoms with Crippen molar-refractivity contribution in [1.82, 2.24) is 4.90 Å². The summed E-state index contributed by atoms with van der Waals surface area (Å²) in [5, 5.41) is 7.78. The second-order valence-electron chi connectivity index (χ2n) is 3.22. The van der Waals surface area contributed by atoms with Gasteiger partial charge in [0.1, 0.15) is 5.71 Å². The van der Waals surface area contributed by atoms with Gasteiger partial charge in [-0.15, -0.1) is 0 Å². The smallest absolute Gasteiger partial charge is 0.272 e. The van der Waals surface area contributed by atoms with Gasteiger partial charge in [0, 0.05) is 18.7 Å². The highest BCUT2D eigenvalue weighted by Gasteiger charge is 2.16. The summed E-state index contributed by atoms with van der Waals surface area (Å²) >= 11 is 0. The maximum atomic E-state index is 11.8. The Morgan fingerprint density at radius 2 is 1.73 bits per heavy atom. The van der Waals surface area contributed by atoms with Gasteiger partial charge in [-0.1, -0.05) is 30.3 Å². The standard InChI is InChI=1S/C12H16N2O/c1-3-14(4-2)12(15)11(13)10-8-6-5-7-9-10/h5-9,13H,3-4H2,1-2H3. The highest BCUT2D eigenvalue weighted by atomic mass is 16.2. The Labute approximate surface area is 90.2 Å². The highest BCUT2D eigenvalue weighted by molar-refractivity contribution is 6.43. The number of hydrogen-bond donors (Lipinski definition) is 1. The zero-order valence-electron chi connectivity index (χ0n) is 9.16. The van der Waals surface area contributed by atoms with Crippen LogP contribution in [0.2, 0.25) is 0 Å². The van der Waals surface area contributed by atoms with Crippen molar-refractivity contribution in [3.8, 4) is 0 Å². The van der Waals surface area contributed by atoms with Gasteiger partial charge in [0.2, 0.25) is 0 Å². The molecule has 0 fully saturated rings. The second-order valence-corrected chi connectivity index (χ2v) is 3.22. The number of rotatable bonds is 4. The minimum atomic E-state index is -0.203. The molecule has 0 saturated carbocycles. The molecule has 0 aliphatic heterocycles. The summed E-state index contributed by atoms with van der Waals surface area (Å²) in [6.45, 7) is 5.12. The van der Waals surface area contributed by atoms with E-state index in [1.807, 2.05) is 32.0 Å². The Balaban J connectivity index is 2.82. The number of nitrogens with one attached hydrogen (secondary N) is 1. The summed E-state index contributed by atoms with van der Waals surface area (Å²) in [4.78, 5) is 13.5. The molecule has 0 spiro atoms. The van der Waals surface area contributed by atoms with Crippen LogP contribution in [0.25, 0.3) is 0 Å². The highest BCUT2D eigenvalue weighted by Crippen LogP contribution is 2.03. The van der Waals surface area contributed by atoms with E-state index in [-0.39, 0.29) is 11.6 Å². The van der Waals surface area contributed by atoms with Gasteiger partial charge >= 0.3 is 0 Å². The number of likely N-dealkylation sites (N-methyl/N-ethyl adjacent to an activating group) is 1. The van der Waals surface area contributed by atoms with Gasteiger partial charge in [0.25, 0.3) is 5.91 Å². The zero-order valence-corrected chi connectivity index (χ0v) is 9.16. The van der Waals surface area contributed by atoms with Gasteiger partial charge in [0.05, 0.1) is 0 Å². The van der Waals surface area contributed by atoms with Crippen LogP contribution in [-0.2, 0) is 4.79 Å². The predicted molar refractivity (Wildman–Crippen MR) is 61.2 cm³/mol. The summed E-state index contributed by atoms with van der Waals surface area (Å²) in [5.41, 5.74) is 0.744. The van der Waals surface area contributed by atoms with Crippen LogP contribution in [0.3, 0.4) is 0 Å². The van der Waals surface area contributed by atoms with Crippen LogP contribution >= 0.6 is 0 Å². The van der Waals surface area contributed by atoms with Gasteiger partial charge in [-0.2, -0.15) is 0 Å². The molecule has 1 aromatic rings. The first-order valence-electron chi connectivity index (χ1n) is 5.14. The molecule has 0 bridgehead atoms. The van der Waals surface area contributed by atoms with Gasteiger partial charge in [-0.05, 0) is 13.8 Å². The molecule has 0 radical (unpaired) electrons. The normalized spacial score (nSPS) is 9.73. The van der Waals surface area contributed by atoms with Crippen molar-refractivity contribution in [1.29, 1.82) is 5.41 Å². The molecular weight excluding hydrogens is 188 g/mol. The lowest BCUT2D eigenvalue weighted by molar-refractivity contribution is -0.123. The topological polar surface area (TPSA) is 44.2 Å². The van der Waals surface area contributed by atoms with Crippen LogP contribution < -0.4 is 0 Å². The molecule has 1 aromatic carbocycles. The van der Waals surface area contributed by atoms with Crippen LogP contribution in [0.15, 0.2) is 30.3 Å². The molecule has 1 rings (SSSR count). The molecule has 15 heavy (non-hydrogen) atoms. The Morgan fingerprint density at radius 3 is 2.20 bits per heavy atom. The first-order chi connectivity index (χ1) is 7.20. The molecule has 0 aliphatic rings. The molecule has 80 valence electrons. The van der Waals surface area contributed by atoms with E-state index in [2.05, 4.69) is 0 Å². The van der Waals surface area contributed by atoms with E-state index in [4.69, 9.17) is 5.41 Å². The summed E-state index contributed by atoms with van der Waals surface area (Å²) in [5.74, 6) is -0.203. The average molecular weight is 204 g/mol. The Morgan fingerprint density at radius 1 is 1.20 bits per heavy atom. The Hall–Kier alpha value is -1.64. The fourth-order valence-electron chi connectivity index (χ4n) is 1.40. The van der Waals surface area contributed by atoms with E-state index < -0.39 is 0 Å². The van der Waals surface area contributed by atoms with Gasteiger partial charge in [-0.25, -0.2) is 0 Å². The summed E-state index contributed by atoms with van der Waals surface area (Å²) < 4.78 is 0. The van der Waals surface area contributed by atoms with Gasteiger partial charge in [-0.3, -0.25) is 10.2 Å². The molecule has 3 nitrogen and oxygen atoms in total. The molecule has 0 aliphatic carbocycles. The van der Waals surface area contributed by atoms with Crippen molar-refractivity contribution < 1.29 is 4.79 Å². The van der Waals surface area contributed by atoms with Gasteiger partial charge in [0.15, 0.2) is 0 Å². The van der Waals surface area contributed by atoms with Crippen LogP contribution in [-0.4, -0.2) is 29.6 Å². The van der Waals surface area contributed by atoms with Crippen molar-refractivity contribution in [2.45, 2.75) is 13.8 Å². The van der Waals surface area contributed by atoms with Crippen molar-refractivity contribution in [2.24, 2.45) is 0 Å². The van der Waals surface area contributed by atoms with E-state index >= 15 is 0 Å². The van der Waals surface area contributed by atoms with E-state index in [0.29, 0.717) is 18.7 Å². The number of hydrogen-bond acceptors (Lipinski definition) is 2. The molecule has 0 aromatic heterocycles. The number of carbonyl (C=O) groups excluding carboxylic acids is 1. The number of benzene rings is 1. The SMILES string of the molecule is CCN(CC)C(=O)C(=N)c1ccccc1. The molecule has 0 unspecified atom stereocenters. The van der Waals surface area contributed by atoms with Crippen LogP contribution in [0.1, 0.15) is 19.4 Å². The van der Waals surface area contributed by atoms with Crippen molar-refractivity contribution in [2.75, 3.05) is 13.1 Å². The van der Waals surface area contributed by atoms with Crippen LogP contribution in [0.4, 0.5) is 0 Å². The van der Waals surface area contributed by atoms with E-state index in [0.717, 1.165) is 0 Å². The van der Waals surface area contributed by atoms with Crippen molar-refractivity contribution in [3.05, 3.63) is 35.9 Å². The lowest BCUT2D eigenvalue weighted by Gasteiger charge is -2.18. The summed E-state index contributed by atoms with van der Waals surface area (Å²) in [6.07, 6.45) is 0. The second kappa shape index (κ2) is 5.29. The molecule has 0 heterocycles. The lowest BCUT2D eigenvalue weighted by atomic mass is 10.1. The molecular formula is C12H16N2O. The van der Waals surface area contributed by atoms with E-state index in [9.17, 15) is 4.79 Å². The number of nitrogens with zero attached hydrogens (tertiary/aromatic N) is 1. The van der Waals surface area contributed by atoms with Crippen molar-refractivity contribution in [3.63, 3.8) is 0 Å². The van der Waals surface area contributed by atoms with Crippen LogP contribution in [0.5, 0.6) is 0 Å². The van der Waals surface area contributed by atoms with Gasteiger partial charge < -0.3 is 4.90 Å². The molecule has 1 amide bonds. The van der Waals surface area contributed by atoms with E-state index in [1.54, 1.807) is 17.0 Å². The molecule has 1 N–H and O–H groups in total. The maximum Gasteiger partial charge on any atom is 0.272 e. The average Bonchev–Trinajstić information content (AvgIpc) is 2.30. The summed E-state index contributed by atoms with van der Waals surface area (Å²) in [6, 6.07) is 9.10. The first kappa shape index (κ1) is 11.4. The Kier molecular flexibility index (Phi) is 4.03. The molecule has 3 heteroatoms. The minimum Gasteiger partial charge on any atom is -0.338 e. The minimum absolute atomic E-state index is 0.0688. The third-order valence-corrected chi connectivity index (χ3v) is 2.33. The third-order valence-electron chi connectivity index (χ3n) is 2.33. The predicted octanol–water partition coefficient (Wildman–Crippen LogP) is 1.92. The summed E-state index contributed by atoms with van der Waals surface area (Å²) in [7, 11) is 0. The van der Waals surface area contributed by atoms with Crippen LogP contribution in [0, 0.1) is 5.41 Å². The Bertz CT molecular complexity index is 342. The fraction of sp³-hybridized carbons (Fsp3) is 0.333.